The Morgan fingerprint density at radius 1 is 1.42 bits per heavy atom. The van der Waals surface area contributed by atoms with E-state index >= 15 is 0 Å². The summed E-state index contributed by atoms with van der Waals surface area (Å²) in [5.41, 5.74) is 2.13. The summed E-state index contributed by atoms with van der Waals surface area (Å²) in [6.45, 7) is 9.23. The average molecular weight is 263 g/mol. The average Bonchev–Trinajstić information content (AvgIpc) is 2.70. The molecule has 106 valence electrons. The van der Waals surface area contributed by atoms with Crippen molar-refractivity contribution in [1.29, 1.82) is 0 Å². The third kappa shape index (κ3) is 3.10. The van der Waals surface area contributed by atoms with Gasteiger partial charge < -0.3 is 15.2 Å². The second-order valence-corrected chi connectivity index (χ2v) is 6.37. The minimum absolute atomic E-state index is 0.108. The molecule has 1 aromatic rings. The second-order valence-electron chi connectivity index (χ2n) is 6.37. The highest BCUT2D eigenvalue weighted by atomic mass is 16.5. The lowest BCUT2D eigenvalue weighted by Gasteiger charge is -2.28. The van der Waals surface area contributed by atoms with Crippen molar-refractivity contribution >= 4 is 0 Å². The fourth-order valence-corrected chi connectivity index (χ4v) is 2.42. The maximum atomic E-state index is 9.45. The largest absolute Gasteiger partial charge is 0.487 e. The molecule has 0 spiro atoms. The number of aliphatic hydroxyl groups is 1. The number of hydrogen-bond acceptors (Lipinski definition) is 3. The fraction of sp³-hybridized carbons (Fsp3) is 0.625. The smallest absolute Gasteiger partial charge is 0.127 e. The van der Waals surface area contributed by atoms with Crippen molar-refractivity contribution in [3.05, 3.63) is 29.3 Å². The van der Waals surface area contributed by atoms with Crippen LogP contribution in [-0.4, -0.2) is 22.9 Å². The molecule has 0 bridgehead atoms. The standard InChI is InChI=1S/C16H25NO2/c1-5-16(4,11-18)17-10-13-8-6-7-12-9-15(2,3)19-14(12)13/h6-8,17-18H,5,9-11H2,1-4H3. The quantitative estimate of drug-likeness (QED) is 0.858. The molecule has 0 aliphatic carbocycles. The molecule has 2 N–H and O–H groups in total. The maximum absolute atomic E-state index is 9.45. The Kier molecular flexibility index (Phi) is 3.88. The Balaban J connectivity index is 2.14. The van der Waals surface area contributed by atoms with Crippen LogP contribution in [0.25, 0.3) is 0 Å². The highest BCUT2D eigenvalue weighted by molar-refractivity contribution is 5.45. The van der Waals surface area contributed by atoms with E-state index in [4.69, 9.17) is 4.74 Å². The van der Waals surface area contributed by atoms with Gasteiger partial charge in [0.15, 0.2) is 0 Å². The normalized spacial score (nSPS) is 19.6. The molecule has 3 heteroatoms. The van der Waals surface area contributed by atoms with Crippen molar-refractivity contribution in [2.75, 3.05) is 6.61 Å². The molecule has 1 aliphatic heterocycles. The molecule has 1 atom stereocenters. The molecule has 1 unspecified atom stereocenters. The van der Waals surface area contributed by atoms with Gasteiger partial charge in [-0.2, -0.15) is 0 Å². The van der Waals surface area contributed by atoms with Crippen molar-refractivity contribution in [1.82, 2.24) is 5.32 Å². The van der Waals surface area contributed by atoms with Gasteiger partial charge in [0.25, 0.3) is 0 Å². The number of fused-ring (bicyclic) bond motifs is 1. The van der Waals surface area contributed by atoms with Crippen LogP contribution in [0.5, 0.6) is 5.75 Å². The number of para-hydroxylation sites is 1. The first kappa shape index (κ1) is 14.4. The molecule has 1 aromatic carbocycles. The molecular weight excluding hydrogens is 238 g/mol. The number of rotatable bonds is 5. The highest BCUT2D eigenvalue weighted by Crippen LogP contribution is 2.37. The Hall–Kier alpha value is -1.06. The summed E-state index contributed by atoms with van der Waals surface area (Å²) in [4.78, 5) is 0. The summed E-state index contributed by atoms with van der Waals surface area (Å²) in [5.74, 6) is 1.02. The number of ether oxygens (including phenoxy) is 1. The van der Waals surface area contributed by atoms with E-state index in [1.54, 1.807) is 0 Å². The summed E-state index contributed by atoms with van der Waals surface area (Å²) in [5, 5.41) is 12.9. The Morgan fingerprint density at radius 3 is 2.79 bits per heavy atom. The first-order valence-corrected chi connectivity index (χ1v) is 7.05. The number of aliphatic hydroxyl groups excluding tert-OH is 1. The van der Waals surface area contributed by atoms with Gasteiger partial charge in [0.1, 0.15) is 11.4 Å². The highest BCUT2D eigenvalue weighted by Gasteiger charge is 2.31. The summed E-state index contributed by atoms with van der Waals surface area (Å²) in [7, 11) is 0. The third-order valence-electron chi connectivity index (χ3n) is 4.01. The van der Waals surface area contributed by atoms with Gasteiger partial charge >= 0.3 is 0 Å². The van der Waals surface area contributed by atoms with Gasteiger partial charge in [-0.1, -0.05) is 25.1 Å². The molecule has 0 fully saturated rings. The van der Waals surface area contributed by atoms with E-state index in [9.17, 15) is 5.11 Å². The van der Waals surface area contributed by atoms with Crippen molar-refractivity contribution in [2.45, 2.75) is 58.2 Å². The zero-order valence-corrected chi connectivity index (χ0v) is 12.4. The van der Waals surface area contributed by atoms with Gasteiger partial charge in [-0.25, -0.2) is 0 Å². The lowest BCUT2D eigenvalue weighted by molar-refractivity contribution is 0.135. The molecule has 0 radical (unpaired) electrons. The first-order valence-electron chi connectivity index (χ1n) is 7.05. The number of nitrogens with one attached hydrogen (secondary N) is 1. The maximum Gasteiger partial charge on any atom is 0.127 e. The predicted molar refractivity (Wildman–Crippen MR) is 77.5 cm³/mol. The molecule has 0 aromatic heterocycles. The second kappa shape index (κ2) is 5.14. The van der Waals surface area contributed by atoms with Crippen molar-refractivity contribution in [3.63, 3.8) is 0 Å². The Labute approximate surface area is 116 Å². The summed E-state index contributed by atoms with van der Waals surface area (Å²) in [6, 6.07) is 6.32. The third-order valence-corrected chi connectivity index (χ3v) is 4.01. The van der Waals surface area contributed by atoms with Crippen LogP contribution in [0.15, 0.2) is 18.2 Å². The van der Waals surface area contributed by atoms with E-state index in [1.165, 1.54) is 11.1 Å². The van der Waals surface area contributed by atoms with Crippen LogP contribution in [0.1, 0.15) is 45.2 Å². The molecule has 1 aliphatic rings. The van der Waals surface area contributed by atoms with Crippen LogP contribution in [0.4, 0.5) is 0 Å². The van der Waals surface area contributed by atoms with E-state index < -0.39 is 0 Å². The number of hydrogen-bond donors (Lipinski definition) is 2. The molecule has 0 saturated heterocycles. The molecule has 3 nitrogen and oxygen atoms in total. The fourth-order valence-electron chi connectivity index (χ4n) is 2.42. The van der Waals surface area contributed by atoms with E-state index in [0.29, 0.717) is 0 Å². The lowest BCUT2D eigenvalue weighted by Crippen LogP contribution is -2.44. The van der Waals surface area contributed by atoms with E-state index in [0.717, 1.165) is 25.1 Å². The topological polar surface area (TPSA) is 41.5 Å². The molecule has 19 heavy (non-hydrogen) atoms. The lowest BCUT2D eigenvalue weighted by atomic mass is 9.98. The van der Waals surface area contributed by atoms with Gasteiger partial charge in [0.05, 0.1) is 6.61 Å². The zero-order chi connectivity index (χ0) is 14.1. The Bertz CT molecular complexity index is 450. The van der Waals surface area contributed by atoms with Gasteiger partial charge in [-0.15, -0.1) is 0 Å². The number of benzene rings is 1. The first-order chi connectivity index (χ1) is 8.89. The van der Waals surface area contributed by atoms with E-state index in [1.807, 2.05) is 6.92 Å². The van der Waals surface area contributed by atoms with E-state index in [2.05, 4.69) is 44.3 Å². The molecule has 1 heterocycles. The summed E-state index contributed by atoms with van der Waals surface area (Å²) >= 11 is 0. The van der Waals surface area contributed by atoms with Gasteiger partial charge in [-0.05, 0) is 32.8 Å². The van der Waals surface area contributed by atoms with Crippen LogP contribution in [0, 0.1) is 0 Å². The van der Waals surface area contributed by atoms with E-state index in [-0.39, 0.29) is 17.7 Å². The van der Waals surface area contributed by atoms with Crippen molar-refractivity contribution in [3.8, 4) is 5.75 Å². The van der Waals surface area contributed by atoms with Crippen molar-refractivity contribution in [2.24, 2.45) is 0 Å². The SMILES string of the molecule is CCC(C)(CO)NCc1cccc2c1OC(C)(C)C2. The molecule has 2 rings (SSSR count). The van der Waals surface area contributed by atoms with Crippen LogP contribution in [-0.2, 0) is 13.0 Å². The van der Waals surface area contributed by atoms with Gasteiger partial charge in [-0.3, -0.25) is 0 Å². The van der Waals surface area contributed by atoms with Crippen LogP contribution in [0.3, 0.4) is 0 Å². The molecular formula is C16H25NO2. The van der Waals surface area contributed by atoms with Crippen LogP contribution in [0.2, 0.25) is 0 Å². The minimum Gasteiger partial charge on any atom is -0.487 e. The van der Waals surface area contributed by atoms with Crippen molar-refractivity contribution < 1.29 is 9.84 Å². The van der Waals surface area contributed by atoms with Gasteiger partial charge in [0.2, 0.25) is 0 Å². The summed E-state index contributed by atoms with van der Waals surface area (Å²) in [6.07, 6.45) is 1.85. The van der Waals surface area contributed by atoms with Gasteiger partial charge in [0, 0.05) is 24.1 Å². The molecule has 0 amide bonds. The Morgan fingerprint density at radius 2 is 2.16 bits per heavy atom. The molecule has 0 saturated carbocycles. The van der Waals surface area contributed by atoms with Crippen LogP contribution >= 0.6 is 0 Å². The monoisotopic (exact) mass is 263 g/mol. The minimum atomic E-state index is -0.225. The predicted octanol–water partition coefficient (Wildman–Crippen LogP) is 2.65. The zero-order valence-electron chi connectivity index (χ0n) is 12.4. The van der Waals surface area contributed by atoms with Crippen LogP contribution < -0.4 is 10.1 Å². The summed E-state index contributed by atoms with van der Waals surface area (Å²) < 4.78 is 6.06.